The van der Waals surface area contributed by atoms with Crippen molar-refractivity contribution in [2.24, 2.45) is 5.73 Å². The summed E-state index contributed by atoms with van der Waals surface area (Å²) < 4.78 is 0. The van der Waals surface area contributed by atoms with E-state index in [1.807, 2.05) is 12.3 Å². The molecule has 2 rings (SSSR count). The summed E-state index contributed by atoms with van der Waals surface area (Å²) in [4.78, 5) is 9.34. The fourth-order valence-electron chi connectivity index (χ4n) is 2.38. The zero-order chi connectivity index (χ0) is 12.3. The van der Waals surface area contributed by atoms with Crippen molar-refractivity contribution in [3.8, 4) is 0 Å². The van der Waals surface area contributed by atoms with E-state index in [2.05, 4.69) is 28.6 Å². The van der Waals surface area contributed by atoms with E-state index in [1.54, 1.807) is 0 Å². The number of anilines is 1. The van der Waals surface area contributed by atoms with Gasteiger partial charge >= 0.3 is 0 Å². The zero-order valence-corrected chi connectivity index (χ0v) is 10.8. The fraction of sp³-hybridized carbons (Fsp3) is 0.615. The van der Waals surface area contributed by atoms with Gasteiger partial charge in [-0.2, -0.15) is 0 Å². The van der Waals surface area contributed by atoms with Gasteiger partial charge in [-0.15, -0.1) is 0 Å². The summed E-state index contributed by atoms with van der Waals surface area (Å²) in [5.74, 6) is 1.09. The predicted octanol–water partition coefficient (Wildman–Crippen LogP) is 0.991. The van der Waals surface area contributed by atoms with Gasteiger partial charge in [0.05, 0.1) is 0 Å². The first-order valence-electron chi connectivity index (χ1n) is 6.38. The van der Waals surface area contributed by atoms with Crippen LogP contribution in [0.25, 0.3) is 0 Å². The Bertz CT molecular complexity index is 370. The van der Waals surface area contributed by atoms with Crippen molar-refractivity contribution in [3.05, 3.63) is 23.4 Å². The molecule has 0 aromatic carbocycles. The molecule has 1 aromatic rings. The molecule has 4 nitrogen and oxygen atoms in total. The average molecular weight is 234 g/mol. The maximum absolute atomic E-state index is 5.83. The standard InChI is InChI=1S/C13H22N4/c1-3-16-6-8-17(9-7-16)13-12(10-14)11(2)4-5-15-13/h4-5H,3,6-10,14H2,1-2H3. The number of nitrogens with zero attached hydrogens (tertiary/aromatic N) is 3. The van der Waals surface area contributed by atoms with Crippen LogP contribution < -0.4 is 10.6 Å². The van der Waals surface area contributed by atoms with Crippen LogP contribution in [0.4, 0.5) is 5.82 Å². The summed E-state index contributed by atoms with van der Waals surface area (Å²) in [7, 11) is 0. The smallest absolute Gasteiger partial charge is 0.133 e. The van der Waals surface area contributed by atoms with E-state index in [0.717, 1.165) is 38.5 Å². The minimum absolute atomic E-state index is 0.572. The molecule has 0 spiro atoms. The normalized spacial score (nSPS) is 17.5. The van der Waals surface area contributed by atoms with Crippen LogP contribution in [0, 0.1) is 6.92 Å². The van der Waals surface area contributed by atoms with Crippen LogP contribution in [-0.4, -0.2) is 42.6 Å². The first-order chi connectivity index (χ1) is 8.26. The van der Waals surface area contributed by atoms with Gasteiger partial charge in [-0.3, -0.25) is 0 Å². The molecular formula is C13H22N4. The van der Waals surface area contributed by atoms with Crippen molar-refractivity contribution >= 4 is 5.82 Å². The number of aryl methyl sites for hydroxylation is 1. The summed E-state index contributed by atoms with van der Waals surface area (Å²) in [6.07, 6.45) is 1.88. The molecule has 1 aliphatic rings. The van der Waals surface area contributed by atoms with Gasteiger partial charge in [0.15, 0.2) is 0 Å². The lowest BCUT2D eigenvalue weighted by atomic mass is 10.1. The molecule has 2 heterocycles. The maximum atomic E-state index is 5.83. The minimum atomic E-state index is 0.572. The molecule has 4 heteroatoms. The Kier molecular flexibility index (Phi) is 3.97. The van der Waals surface area contributed by atoms with E-state index in [1.165, 1.54) is 11.1 Å². The average Bonchev–Trinajstić information content (AvgIpc) is 2.38. The summed E-state index contributed by atoms with van der Waals surface area (Å²) in [6.45, 7) is 10.4. The van der Waals surface area contributed by atoms with E-state index in [4.69, 9.17) is 5.73 Å². The van der Waals surface area contributed by atoms with Gasteiger partial charge in [-0.25, -0.2) is 4.98 Å². The number of piperazine rings is 1. The molecule has 0 atom stereocenters. The van der Waals surface area contributed by atoms with Crippen LogP contribution in [0.5, 0.6) is 0 Å². The molecule has 0 amide bonds. The van der Waals surface area contributed by atoms with E-state index in [9.17, 15) is 0 Å². The number of hydrogen-bond acceptors (Lipinski definition) is 4. The molecule has 0 aliphatic carbocycles. The highest BCUT2D eigenvalue weighted by molar-refractivity contribution is 5.50. The Labute approximate surface area is 103 Å². The van der Waals surface area contributed by atoms with E-state index < -0.39 is 0 Å². The molecule has 1 aliphatic heterocycles. The van der Waals surface area contributed by atoms with Crippen LogP contribution in [0.2, 0.25) is 0 Å². The highest BCUT2D eigenvalue weighted by atomic mass is 15.3. The van der Waals surface area contributed by atoms with E-state index in [-0.39, 0.29) is 0 Å². The molecular weight excluding hydrogens is 212 g/mol. The van der Waals surface area contributed by atoms with E-state index in [0.29, 0.717) is 6.54 Å². The first kappa shape index (κ1) is 12.3. The SMILES string of the molecule is CCN1CCN(c2nccc(C)c2CN)CC1. The fourth-order valence-corrected chi connectivity index (χ4v) is 2.38. The van der Waals surface area contributed by atoms with Gasteiger partial charge in [-0.1, -0.05) is 6.92 Å². The second-order valence-electron chi connectivity index (χ2n) is 4.56. The molecule has 0 saturated carbocycles. The summed E-state index contributed by atoms with van der Waals surface area (Å²) >= 11 is 0. The Morgan fingerprint density at radius 2 is 2.00 bits per heavy atom. The molecule has 1 saturated heterocycles. The van der Waals surface area contributed by atoms with Crippen LogP contribution in [0.3, 0.4) is 0 Å². The van der Waals surface area contributed by atoms with Crippen molar-refractivity contribution in [1.82, 2.24) is 9.88 Å². The number of hydrogen-bond donors (Lipinski definition) is 1. The van der Waals surface area contributed by atoms with Crippen molar-refractivity contribution in [3.63, 3.8) is 0 Å². The number of aromatic nitrogens is 1. The topological polar surface area (TPSA) is 45.4 Å². The molecule has 94 valence electrons. The monoisotopic (exact) mass is 234 g/mol. The van der Waals surface area contributed by atoms with Gasteiger partial charge in [-0.05, 0) is 25.1 Å². The Morgan fingerprint density at radius 1 is 1.29 bits per heavy atom. The van der Waals surface area contributed by atoms with Gasteiger partial charge in [0, 0.05) is 44.5 Å². The molecule has 17 heavy (non-hydrogen) atoms. The van der Waals surface area contributed by atoms with Gasteiger partial charge < -0.3 is 15.5 Å². The van der Waals surface area contributed by atoms with Crippen LogP contribution in [0.15, 0.2) is 12.3 Å². The predicted molar refractivity (Wildman–Crippen MR) is 71.2 cm³/mol. The number of rotatable bonds is 3. The lowest BCUT2D eigenvalue weighted by Crippen LogP contribution is -2.46. The molecule has 0 bridgehead atoms. The Hall–Kier alpha value is -1.13. The second-order valence-corrected chi connectivity index (χ2v) is 4.56. The van der Waals surface area contributed by atoms with Gasteiger partial charge in [0.25, 0.3) is 0 Å². The van der Waals surface area contributed by atoms with E-state index >= 15 is 0 Å². The quantitative estimate of drug-likeness (QED) is 0.847. The third-order valence-electron chi connectivity index (χ3n) is 3.59. The number of nitrogens with two attached hydrogens (primary N) is 1. The lowest BCUT2D eigenvalue weighted by molar-refractivity contribution is 0.270. The van der Waals surface area contributed by atoms with Crippen molar-refractivity contribution < 1.29 is 0 Å². The molecule has 0 radical (unpaired) electrons. The molecule has 2 N–H and O–H groups in total. The second kappa shape index (κ2) is 5.47. The zero-order valence-electron chi connectivity index (χ0n) is 10.8. The molecule has 1 aromatic heterocycles. The summed E-state index contributed by atoms with van der Waals surface area (Å²) in [5.41, 5.74) is 8.27. The largest absolute Gasteiger partial charge is 0.354 e. The Balaban J connectivity index is 2.15. The first-order valence-corrected chi connectivity index (χ1v) is 6.38. The number of likely N-dealkylation sites (N-methyl/N-ethyl adjacent to an activating group) is 1. The van der Waals surface area contributed by atoms with Crippen molar-refractivity contribution in [2.75, 3.05) is 37.6 Å². The van der Waals surface area contributed by atoms with Gasteiger partial charge in [0.2, 0.25) is 0 Å². The lowest BCUT2D eigenvalue weighted by Gasteiger charge is -2.35. The molecule has 1 fully saturated rings. The van der Waals surface area contributed by atoms with Crippen molar-refractivity contribution in [1.29, 1.82) is 0 Å². The van der Waals surface area contributed by atoms with Crippen LogP contribution in [-0.2, 0) is 6.54 Å². The highest BCUT2D eigenvalue weighted by Gasteiger charge is 2.19. The minimum Gasteiger partial charge on any atom is -0.354 e. The van der Waals surface area contributed by atoms with Gasteiger partial charge in [0.1, 0.15) is 5.82 Å². The van der Waals surface area contributed by atoms with Crippen molar-refractivity contribution in [2.45, 2.75) is 20.4 Å². The van der Waals surface area contributed by atoms with Crippen LogP contribution in [0.1, 0.15) is 18.1 Å². The highest BCUT2D eigenvalue weighted by Crippen LogP contribution is 2.21. The summed E-state index contributed by atoms with van der Waals surface area (Å²) in [6, 6.07) is 2.04. The third kappa shape index (κ3) is 2.58. The summed E-state index contributed by atoms with van der Waals surface area (Å²) in [5, 5.41) is 0. The van der Waals surface area contributed by atoms with Crippen LogP contribution >= 0.6 is 0 Å². The third-order valence-corrected chi connectivity index (χ3v) is 3.59. The number of pyridine rings is 1. The Morgan fingerprint density at radius 3 is 2.59 bits per heavy atom. The maximum Gasteiger partial charge on any atom is 0.133 e. The molecule has 0 unspecified atom stereocenters.